The van der Waals surface area contributed by atoms with E-state index in [1.165, 1.54) is 0 Å². The molecule has 0 saturated carbocycles. The van der Waals surface area contributed by atoms with Crippen LogP contribution in [0.1, 0.15) is 12.5 Å². The maximum Gasteiger partial charge on any atom is 0.228 e. The lowest BCUT2D eigenvalue weighted by Gasteiger charge is -2.13. The Hall–Kier alpha value is -1.53. The lowest BCUT2D eigenvalue weighted by atomic mass is 10.1. The molecule has 1 aromatic heterocycles. The first kappa shape index (κ1) is 23.5. The zero-order chi connectivity index (χ0) is 16.7. The zero-order valence-corrected chi connectivity index (χ0v) is 16.4. The first-order valence-electron chi connectivity index (χ1n) is 7.37. The quantitative estimate of drug-likeness (QED) is 0.731. The van der Waals surface area contributed by atoms with Crippen molar-refractivity contribution < 1.29 is 9.53 Å². The molecule has 1 aromatic carbocycles. The number of carbonyl (C=O) groups excluding carboxylic acids is 1. The Balaban J connectivity index is 0.00000288. The molecule has 0 aliphatic carbocycles. The third-order valence-corrected chi connectivity index (χ3v) is 3.57. The van der Waals surface area contributed by atoms with E-state index in [9.17, 15) is 4.79 Å². The molecule has 0 radical (unpaired) electrons. The van der Waals surface area contributed by atoms with Gasteiger partial charge in [0.2, 0.25) is 5.91 Å². The third-order valence-electron chi connectivity index (χ3n) is 3.27. The van der Waals surface area contributed by atoms with Crippen molar-refractivity contribution >= 4 is 48.0 Å². The molecule has 25 heavy (non-hydrogen) atoms. The molecule has 0 aliphatic heterocycles. The highest BCUT2D eigenvalue weighted by Gasteiger charge is 2.13. The Labute approximate surface area is 165 Å². The molecule has 1 unspecified atom stereocenters. The monoisotopic (exact) mass is 405 g/mol. The van der Waals surface area contributed by atoms with Gasteiger partial charge in [-0.15, -0.1) is 24.8 Å². The minimum absolute atomic E-state index is 0. The summed E-state index contributed by atoms with van der Waals surface area (Å²) >= 11 is 6.22. The number of benzene rings is 1. The number of aromatic nitrogens is 1. The summed E-state index contributed by atoms with van der Waals surface area (Å²) in [4.78, 5) is 16.0. The van der Waals surface area contributed by atoms with Crippen molar-refractivity contribution in [2.24, 2.45) is 5.92 Å². The molecule has 0 aliphatic rings. The number of rotatable bonds is 7. The van der Waals surface area contributed by atoms with Crippen molar-refractivity contribution in [2.45, 2.75) is 13.5 Å². The van der Waals surface area contributed by atoms with E-state index < -0.39 is 0 Å². The van der Waals surface area contributed by atoms with Crippen LogP contribution < -0.4 is 15.4 Å². The van der Waals surface area contributed by atoms with Crippen molar-refractivity contribution in [1.82, 2.24) is 10.3 Å². The molecule has 2 N–H and O–H groups in total. The molecule has 138 valence electrons. The van der Waals surface area contributed by atoms with Gasteiger partial charge in [0.1, 0.15) is 12.4 Å². The largest absolute Gasteiger partial charge is 0.487 e. The normalized spacial score (nSPS) is 10.8. The Kier molecular flexibility index (Phi) is 11.2. The number of carbonyl (C=O) groups is 1. The van der Waals surface area contributed by atoms with Gasteiger partial charge in [-0.05, 0) is 31.3 Å². The first-order chi connectivity index (χ1) is 11.1. The highest BCUT2D eigenvalue weighted by Crippen LogP contribution is 2.28. The summed E-state index contributed by atoms with van der Waals surface area (Å²) in [6.07, 6.45) is 3.45. The fraction of sp³-hybridized carbons (Fsp3) is 0.294. The Bertz CT molecular complexity index is 657. The Morgan fingerprint density at radius 1 is 1.32 bits per heavy atom. The molecular formula is C17H22Cl3N3O2. The number of halogens is 3. The topological polar surface area (TPSA) is 63.2 Å². The van der Waals surface area contributed by atoms with Gasteiger partial charge in [-0.1, -0.05) is 24.6 Å². The summed E-state index contributed by atoms with van der Waals surface area (Å²) in [5, 5.41) is 6.27. The molecule has 1 heterocycles. The van der Waals surface area contributed by atoms with Crippen LogP contribution in [0.15, 0.2) is 42.7 Å². The maximum atomic E-state index is 12.0. The van der Waals surface area contributed by atoms with E-state index in [2.05, 4.69) is 15.6 Å². The lowest BCUT2D eigenvalue weighted by Crippen LogP contribution is -2.28. The summed E-state index contributed by atoms with van der Waals surface area (Å²) in [5.41, 5.74) is 1.61. The number of nitrogens with zero attached hydrogens (tertiary/aromatic N) is 1. The third kappa shape index (κ3) is 7.48. The van der Waals surface area contributed by atoms with Gasteiger partial charge in [-0.3, -0.25) is 9.78 Å². The van der Waals surface area contributed by atoms with Gasteiger partial charge in [0.15, 0.2) is 0 Å². The molecule has 0 bridgehead atoms. The number of anilines is 1. The zero-order valence-electron chi connectivity index (χ0n) is 14.0. The maximum absolute atomic E-state index is 12.0. The first-order valence-corrected chi connectivity index (χ1v) is 7.74. The average molecular weight is 407 g/mol. The van der Waals surface area contributed by atoms with Crippen molar-refractivity contribution in [2.75, 3.05) is 18.9 Å². The molecule has 0 fully saturated rings. The molecule has 2 aromatic rings. The van der Waals surface area contributed by atoms with Crippen LogP contribution in [0.3, 0.4) is 0 Å². The van der Waals surface area contributed by atoms with E-state index in [1.807, 2.05) is 26.1 Å². The van der Waals surface area contributed by atoms with Gasteiger partial charge in [0, 0.05) is 36.1 Å². The second-order valence-corrected chi connectivity index (χ2v) is 5.65. The molecule has 5 nitrogen and oxygen atoms in total. The van der Waals surface area contributed by atoms with Crippen LogP contribution in [0.25, 0.3) is 0 Å². The van der Waals surface area contributed by atoms with Crippen molar-refractivity contribution in [3.8, 4) is 5.75 Å². The summed E-state index contributed by atoms with van der Waals surface area (Å²) in [5.74, 6) is 0.386. The van der Waals surface area contributed by atoms with E-state index >= 15 is 0 Å². The lowest BCUT2D eigenvalue weighted by molar-refractivity contribution is -0.119. The van der Waals surface area contributed by atoms with Crippen LogP contribution in [-0.2, 0) is 11.4 Å². The summed E-state index contributed by atoms with van der Waals surface area (Å²) < 4.78 is 5.67. The van der Waals surface area contributed by atoms with Gasteiger partial charge in [0.25, 0.3) is 0 Å². The second kappa shape index (κ2) is 11.9. The van der Waals surface area contributed by atoms with Gasteiger partial charge < -0.3 is 15.4 Å². The highest BCUT2D eigenvalue weighted by atomic mass is 35.5. The fourth-order valence-electron chi connectivity index (χ4n) is 2.00. The molecule has 0 spiro atoms. The van der Waals surface area contributed by atoms with E-state index in [0.717, 1.165) is 5.56 Å². The molecule has 2 rings (SSSR count). The van der Waals surface area contributed by atoms with E-state index in [1.54, 1.807) is 30.6 Å². The van der Waals surface area contributed by atoms with Crippen molar-refractivity contribution in [3.63, 3.8) is 0 Å². The van der Waals surface area contributed by atoms with E-state index in [4.69, 9.17) is 16.3 Å². The van der Waals surface area contributed by atoms with E-state index in [-0.39, 0.29) is 36.6 Å². The van der Waals surface area contributed by atoms with Gasteiger partial charge in [0.05, 0.1) is 5.02 Å². The van der Waals surface area contributed by atoms with Gasteiger partial charge >= 0.3 is 0 Å². The number of amides is 1. The van der Waals surface area contributed by atoms with E-state index in [0.29, 0.717) is 29.6 Å². The second-order valence-electron chi connectivity index (χ2n) is 5.24. The minimum atomic E-state index is -0.125. The highest BCUT2D eigenvalue weighted by molar-refractivity contribution is 6.32. The smallest absolute Gasteiger partial charge is 0.228 e. The van der Waals surface area contributed by atoms with Crippen LogP contribution in [0.2, 0.25) is 5.02 Å². The number of ether oxygens (including phenoxy) is 1. The van der Waals surface area contributed by atoms with Crippen LogP contribution in [0.4, 0.5) is 5.69 Å². The standard InChI is InChI=1S/C17H20ClN3O2.2ClH/c1-12(9-19-2)17(22)21-14-5-6-16(15(18)8-14)23-11-13-4-3-7-20-10-13;;/h3-8,10,12,19H,9,11H2,1-2H3,(H,21,22);2*1H. The SMILES string of the molecule is CNCC(C)C(=O)Nc1ccc(OCc2cccnc2)c(Cl)c1.Cl.Cl. The number of nitrogens with one attached hydrogen (secondary N) is 2. The molecule has 8 heteroatoms. The summed E-state index contributed by atoms with van der Waals surface area (Å²) in [6, 6.07) is 8.99. The molecule has 1 amide bonds. The molecular weight excluding hydrogens is 385 g/mol. The van der Waals surface area contributed by atoms with Crippen LogP contribution in [-0.4, -0.2) is 24.5 Å². The summed E-state index contributed by atoms with van der Waals surface area (Å²) in [7, 11) is 1.81. The Morgan fingerprint density at radius 3 is 2.68 bits per heavy atom. The van der Waals surface area contributed by atoms with Gasteiger partial charge in [-0.25, -0.2) is 0 Å². The number of pyridine rings is 1. The Morgan fingerprint density at radius 2 is 2.08 bits per heavy atom. The number of hydrogen-bond donors (Lipinski definition) is 2. The van der Waals surface area contributed by atoms with Crippen LogP contribution in [0, 0.1) is 5.92 Å². The minimum Gasteiger partial charge on any atom is -0.487 e. The molecule has 0 saturated heterocycles. The van der Waals surface area contributed by atoms with Gasteiger partial charge in [-0.2, -0.15) is 0 Å². The van der Waals surface area contributed by atoms with Crippen molar-refractivity contribution in [1.29, 1.82) is 0 Å². The van der Waals surface area contributed by atoms with Crippen LogP contribution in [0.5, 0.6) is 5.75 Å². The predicted octanol–water partition coefficient (Wildman–Crippen LogP) is 3.95. The van der Waals surface area contributed by atoms with Crippen LogP contribution >= 0.6 is 36.4 Å². The van der Waals surface area contributed by atoms with Crippen molar-refractivity contribution in [3.05, 3.63) is 53.3 Å². The number of hydrogen-bond acceptors (Lipinski definition) is 4. The average Bonchev–Trinajstić information content (AvgIpc) is 2.55. The predicted molar refractivity (Wildman–Crippen MR) is 106 cm³/mol. The molecule has 1 atom stereocenters. The fourth-order valence-corrected chi connectivity index (χ4v) is 2.24. The summed E-state index contributed by atoms with van der Waals surface area (Å²) in [6.45, 7) is 2.86.